The van der Waals surface area contributed by atoms with Crippen molar-refractivity contribution in [1.29, 1.82) is 0 Å². The van der Waals surface area contributed by atoms with Crippen LogP contribution < -0.4 is 14.8 Å². The lowest BCUT2D eigenvalue weighted by molar-refractivity contribution is -0.172. The number of nitrogens with zero attached hydrogens (tertiary/aromatic N) is 7. The summed E-state index contributed by atoms with van der Waals surface area (Å²) in [4.78, 5) is 59.7. The first-order valence-corrected chi connectivity index (χ1v) is 20.6. The number of imide groups is 1. The number of amides is 3. The summed E-state index contributed by atoms with van der Waals surface area (Å²) in [6.45, 7) is 12.6. The number of rotatable bonds is 13. The van der Waals surface area contributed by atoms with Gasteiger partial charge in [0.1, 0.15) is 33.8 Å². The van der Waals surface area contributed by atoms with Gasteiger partial charge in [-0.3, -0.25) is 14.4 Å². The van der Waals surface area contributed by atoms with Crippen LogP contribution in [0.3, 0.4) is 0 Å². The molecule has 2 aliphatic heterocycles. The highest BCUT2D eigenvalue weighted by Crippen LogP contribution is 2.42. The summed E-state index contributed by atoms with van der Waals surface area (Å²) in [5.74, 6) is -1.28. The van der Waals surface area contributed by atoms with Crippen molar-refractivity contribution < 1.29 is 28.4 Å². The molecule has 1 aromatic heterocycles. The normalized spacial score (nSPS) is 12.8. The Balaban J connectivity index is 1.16. The van der Waals surface area contributed by atoms with Crippen LogP contribution in [-0.4, -0.2) is 81.9 Å². The average Bonchev–Trinajstić information content (AvgIpc) is 3.75. The smallest absolute Gasteiger partial charge is 0.363 e. The first kappa shape index (κ1) is 40.3. The summed E-state index contributed by atoms with van der Waals surface area (Å²) in [6, 6.07) is 27.0. The molecule has 3 amide bonds. The minimum absolute atomic E-state index is 0.0246. The summed E-state index contributed by atoms with van der Waals surface area (Å²) >= 11 is 2.18. The molecule has 3 aromatic carbocycles. The zero-order chi connectivity index (χ0) is 41.1. The number of hydrogen-bond acceptors (Lipinski definition) is 9. The number of aromatic nitrogens is 3. The molecule has 0 N–H and O–H groups in total. The molecule has 298 valence electrons. The monoisotopic (exact) mass is 894 g/mol. The topological polar surface area (TPSA) is 134 Å². The fourth-order valence-corrected chi connectivity index (χ4v) is 7.91. The Morgan fingerprint density at radius 2 is 1.59 bits per heavy atom. The SMILES string of the molecule is CCN(CC)c1ccc2c(-c3ccccc3C(=O)N(C)Cc3nnn(Cc4ccc(C(=O)ON5C(=O)CCC5=O)cc4)c3I)c3ccc(=[N+](CC)CC)cc-3oc2c1. The van der Waals surface area contributed by atoms with E-state index in [1.165, 1.54) is 0 Å². The highest BCUT2D eigenvalue weighted by molar-refractivity contribution is 14.1. The van der Waals surface area contributed by atoms with Crippen LogP contribution in [0.5, 0.6) is 0 Å². The van der Waals surface area contributed by atoms with E-state index >= 15 is 0 Å². The molecule has 1 aliphatic carbocycles. The molecular weight excluding hydrogens is 849 g/mol. The molecular formula is C44H45IN7O6+. The fourth-order valence-electron chi connectivity index (χ4n) is 7.37. The van der Waals surface area contributed by atoms with Crippen molar-refractivity contribution in [2.24, 2.45) is 0 Å². The van der Waals surface area contributed by atoms with Gasteiger partial charge in [-0.05, 0) is 97.8 Å². The lowest BCUT2D eigenvalue weighted by Gasteiger charge is -2.23. The number of fused-ring (bicyclic) bond motifs is 2. The Bertz CT molecular complexity index is 2550. The van der Waals surface area contributed by atoms with Crippen molar-refractivity contribution in [3.05, 3.63) is 116 Å². The van der Waals surface area contributed by atoms with Crippen molar-refractivity contribution in [2.45, 2.75) is 53.6 Å². The second kappa shape index (κ2) is 17.3. The first-order chi connectivity index (χ1) is 28.0. The van der Waals surface area contributed by atoms with E-state index in [1.54, 1.807) is 40.9 Å². The average molecular weight is 895 g/mol. The van der Waals surface area contributed by atoms with Gasteiger partial charge in [0.05, 0.1) is 24.7 Å². The van der Waals surface area contributed by atoms with Crippen LogP contribution in [0.1, 0.15) is 72.5 Å². The lowest BCUT2D eigenvalue weighted by Crippen LogP contribution is -2.32. The van der Waals surface area contributed by atoms with Crippen molar-refractivity contribution in [2.75, 3.05) is 38.1 Å². The fraction of sp³-hybridized carbons (Fsp3) is 0.295. The Morgan fingerprint density at radius 1 is 0.879 bits per heavy atom. The maximum Gasteiger partial charge on any atom is 0.363 e. The molecule has 3 aliphatic rings. The van der Waals surface area contributed by atoms with Crippen LogP contribution in [0.2, 0.25) is 0 Å². The minimum atomic E-state index is -0.792. The number of carbonyl (C=O) groups excluding carboxylic acids is 4. The van der Waals surface area contributed by atoms with Gasteiger partial charge in [-0.25, -0.2) is 14.1 Å². The molecule has 0 unspecified atom stereocenters. The zero-order valence-corrected chi connectivity index (χ0v) is 35.4. The van der Waals surface area contributed by atoms with Gasteiger partial charge in [0.2, 0.25) is 5.36 Å². The second-order valence-electron chi connectivity index (χ2n) is 14.0. The van der Waals surface area contributed by atoms with Gasteiger partial charge in [-0.2, -0.15) is 0 Å². The Hall–Kier alpha value is -5.90. The molecule has 0 atom stereocenters. The molecule has 0 saturated carbocycles. The van der Waals surface area contributed by atoms with Crippen LogP contribution in [0.15, 0.2) is 89.3 Å². The predicted octanol–water partition coefficient (Wildman–Crippen LogP) is 6.60. The van der Waals surface area contributed by atoms with E-state index in [2.05, 4.69) is 106 Å². The quantitative estimate of drug-likeness (QED) is 0.0545. The van der Waals surface area contributed by atoms with Crippen molar-refractivity contribution >= 4 is 62.9 Å². The van der Waals surface area contributed by atoms with E-state index in [0.717, 1.165) is 79.9 Å². The summed E-state index contributed by atoms with van der Waals surface area (Å²) in [7, 11) is 1.76. The summed E-state index contributed by atoms with van der Waals surface area (Å²) in [6.07, 6.45) is 0.0492. The first-order valence-electron chi connectivity index (χ1n) is 19.5. The molecule has 1 saturated heterocycles. The van der Waals surface area contributed by atoms with Gasteiger partial charge >= 0.3 is 5.97 Å². The minimum Gasteiger partial charge on any atom is -0.456 e. The lowest BCUT2D eigenvalue weighted by atomic mass is 9.90. The third-order valence-electron chi connectivity index (χ3n) is 10.5. The number of hydrogen-bond donors (Lipinski definition) is 0. The number of benzene rings is 4. The van der Waals surface area contributed by atoms with Gasteiger partial charge in [0.15, 0.2) is 0 Å². The largest absolute Gasteiger partial charge is 0.456 e. The van der Waals surface area contributed by atoms with Crippen LogP contribution in [-0.2, 0) is 27.5 Å². The summed E-state index contributed by atoms with van der Waals surface area (Å²) in [5, 5.41) is 11.3. The Labute approximate surface area is 349 Å². The third-order valence-corrected chi connectivity index (χ3v) is 11.7. The van der Waals surface area contributed by atoms with Gasteiger partial charge in [-0.1, -0.05) is 35.5 Å². The highest BCUT2D eigenvalue weighted by Gasteiger charge is 2.33. The van der Waals surface area contributed by atoms with E-state index in [-0.39, 0.29) is 30.9 Å². The highest BCUT2D eigenvalue weighted by atomic mass is 127. The molecule has 3 heterocycles. The van der Waals surface area contributed by atoms with Crippen LogP contribution >= 0.6 is 22.6 Å². The Kier molecular flexibility index (Phi) is 12.0. The zero-order valence-electron chi connectivity index (χ0n) is 33.2. The Morgan fingerprint density at radius 3 is 2.28 bits per heavy atom. The summed E-state index contributed by atoms with van der Waals surface area (Å²) in [5.41, 5.74) is 6.70. The second-order valence-corrected chi connectivity index (χ2v) is 15.1. The van der Waals surface area contributed by atoms with Gasteiger partial charge < -0.3 is 19.1 Å². The van der Waals surface area contributed by atoms with Crippen molar-refractivity contribution in [1.82, 2.24) is 29.5 Å². The maximum absolute atomic E-state index is 14.5. The summed E-state index contributed by atoms with van der Waals surface area (Å²) < 4.78 is 11.5. The van der Waals surface area contributed by atoms with Crippen LogP contribution in [0, 0.1) is 3.70 Å². The van der Waals surface area contributed by atoms with Crippen LogP contribution in [0.25, 0.3) is 33.4 Å². The number of hydroxylamine groups is 2. The van der Waals surface area contributed by atoms with E-state index in [1.807, 2.05) is 24.3 Å². The third kappa shape index (κ3) is 7.97. The number of anilines is 1. The van der Waals surface area contributed by atoms with E-state index in [4.69, 9.17) is 9.25 Å². The number of halogens is 1. The van der Waals surface area contributed by atoms with E-state index in [0.29, 0.717) is 22.9 Å². The van der Waals surface area contributed by atoms with Gasteiger partial charge in [0.25, 0.3) is 17.7 Å². The molecule has 13 nitrogen and oxygen atoms in total. The molecule has 0 spiro atoms. The molecule has 0 radical (unpaired) electrons. The predicted molar refractivity (Wildman–Crippen MR) is 229 cm³/mol. The molecule has 58 heavy (non-hydrogen) atoms. The molecule has 0 bridgehead atoms. The van der Waals surface area contributed by atoms with Crippen LogP contribution in [0.4, 0.5) is 5.69 Å². The molecule has 14 heteroatoms. The molecule has 7 rings (SSSR count). The maximum atomic E-state index is 14.5. The van der Waals surface area contributed by atoms with E-state index in [9.17, 15) is 19.2 Å². The van der Waals surface area contributed by atoms with Gasteiger partial charge in [0, 0.05) is 72.9 Å². The molecule has 4 aromatic rings. The van der Waals surface area contributed by atoms with Crippen molar-refractivity contribution in [3.63, 3.8) is 0 Å². The number of carbonyl (C=O) groups is 4. The van der Waals surface area contributed by atoms with Crippen molar-refractivity contribution in [3.8, 4) is 22.5 Å². The molecule has 1 fully saturated rings. The standard InChI is InChI=1S/C44H45IN7O6/c1-6-49(7-2)30-18-20-34-37(24-30)57-38-25-31(50(8-3)9-4)19-21-35(38)41(34)32-12-10-11-13-33(32)43(55)48(5)27-36-42(45)51(47-46-36)26-28-14-16-29(17-15-28)44(56)58-52-39(53)22-23-40(52)54/h10-21,24-25H,6-9,22-23,26-27H2,1-5H3/q+1. The van der Waals surface area contributed by atoms with E-state index < -0.39 is 17.8 Å². The van der Waals surface area contributed by atoms with Gasteiger partial charge in [-0.15, -0.1) is 10.2 Å².